The maximum absolute atomic E-state index is 12.2. The minimum Gasteiger partial charge on any atom is -0.484 e. The Labute approximate surface area is 163 Å². The van der Waals surface area contributed by atoms with E-state index in [2.05, 4.69) is 0 Å². The normalized spacial score (nSPS) is 14.3. The van der Waals surface area contributed by atoms with Crippen molar-refractivity contribution in [1.82, 2.24) is 4.90 Å². The first-order chi connectivity index (χ1) is 13.1. The van der Waals surface area contributed by atoms with Gasteiger partial charge in [-0.05, 0) is 48.0 Å². The number of benzene rings is 2. The number of hydrogen-bond acceptors (Lipinski definition) is 4. The lowest BCUT2D eigenvalue weighted by Crippen LogP contribution is -2.42. The number of ketones is 1. The molecule has 5 nitrogen and oxygen atoms in total. The Balaban J connectivity index is 1.52. The molecule has 0 spiro atoms. The fourth-order valence-corrected chi connectivity index (χ4v) is 2.73. The monoisotopic (exact) mass is 385 g/mol. The van der Waals surface area contributed by atoms with Crippen molar-refractivity contribution in [1.29, 1.82) is 0 Å². The zero-order valence-electron chi connectivity index (χ0n) is 14.8. The summed E-state index contributed by atoms with van der Waals surface area (Å²) < 4.78 is 10.7. The molecule has 0 aromatic heterocycles. The predicted molar refractivity (Wildman–Crippen MR) is 104 cm³/mol. The standard InChI is InChI=1S/C21H20ClNO4/c22-18-6-1-16(2-7-18)3-10-20(24)17-4-8-19(9-5-17)27-15-21(25)23-11-13-26-14-12-23/h1-10H,11-15H2/b10-3+. The van der Waals surface area contributed by atoms with Gasteiger partial charge in [-0.3, -0.25) is 9.59 Å². The van der Waals surface area contributed by atoms with Crippen LogP contribution in [0.1, 0.15) is 15.9 Å². The molecule has 1 heterocycles. The third-order valence-corrected chi connectivity index (χ3v) is 4.41. The number of amides is 1. The van der Waals surface area contributed by atoms with E-state index in [0.717, 1.165) is 5.56 Å². The average molecular weight is 386 g/mol. The number of hydrogen-bond donors (Lipinski definition) is 0. The first-order valence-corrected chi connectivity index (χ1v) is 9.06. The number of halogens is 1. The Morgan fingerprint density at radius 3 is 2.37 bits per heavy atom. The quantitative estimate of drug-likeness (QED) is 0.564. The van der Waals surface area contributed by atoms with Crippen molar-refractivity contribution in [3.63, 3.8) is 0 Å². The van der Waals surface area contributed by atoms with E-state index in [1.54, 1.807) is 47.4 Å². The molecule has 1 fully saturated rings. The van der Waals surface area contributed by atoms with Crippen LogP contribution in [0.5, 0.6) is 5.75 Å². The van der Waals surface area contributed by atoms with E-state index in [9.17, 15) is 9.59 Å². The van der Waals surface area contributed by atoms with Gasteiger partial charge in [-0.25, -0.2) is 0 Å². The highest BCUT2D eigenvalue weighted by atomic mass is 35.5. The molecule has 0 N–H and O–H groups in total. The van der Waals surface area contributed by atoms with Gasteiger partial charge in [-0.15, -0.1) is 0 Å². The van der Waals surface area contributed by atoms with Gasteiger partial charge >= 0.3 is 0 Å². The molecule has 0 unspecified atom stereocenters. The maximum atomic E-state index is 12.2. The Morgan fingerprint density at radius 1 is 1.04 bits per heavy atom. The molecule has 0 saturated carbocycles. The van der Waals surface area contributed by atoms with Crippen LogP contribution >= 0.6 is 11.6 Å². The third-order valence-electron chi connectivity index (χ3n) is 4.16. The molecule has 6 heteroatoms. The third kappa shape index (κ3) is 5.67. The van der Waals surface area contributed by atoms with Crippen molar-refractivity contribution in [3.8, 4) is 5.75 Å². The van der Waals surface area contributed by atoms with Crippen molar-refractivity contribution < 1.29 is 19.1 Å². The Kier molecular flexibility index (Phi) is 6.63. The van der Waals surface area contributed by atoms with Crippen LogP contribution in [0.2, 0.25) is 5.02 Å². The molecule has 2 aromatic carbocycles. The van der Waals surface area contributed by atoms with Crippen LogP contribution in [0, 0.1) is 0 Å². The largest absolute Gasteiger partial charge is 0.484 e. The van der Waals surface area contributed by atoms with Crippen LogP contribution < -0.4 is 4.74 Å². The molecule has 140 valence electrons. The molecule has 1 amide bonds. The first-order valence-electron chi connectivity index (χ1n) is 8.68. The summed E-state index contributed by atoms with van der Waals surface area (Å²) in [5.41, 5.74) is 1.45. The number of rotatable bonds is 6. The summed E-state index contributed by atoms with van der Waals surface area (Å²) in [7, 11) is 0. The molecule has 2 aromatic rings. The van der Waals surface area contributed by atoms with E-state index >= 15 is 0 Å². The lowest BCUT2D eigenvalue weighted by Gasteiger charge is -2.26. The lowest BCUT2D eigenvalue weighted by molar-refractivity contribution is -0.137. The van der Waals surface area contributed by atoms with E-state index in [1.807, 2.05) is 12.1 Å². The summed E-state index contributed by atoms with van der Waals surface area (Å²) in [6.45, 7) is 2.28. The first kappa shape index (κ1) is 19.1. The fourth-order valence-electron chi connectivity index (χ4n) is 2.61. The summed E-state index contributed by atoms with van der Waals surface area (Å²) in [5, 5.41) is 0.654. The fraction of sp³-hybridized carbons (Fsp3) is 0.238. The highest BCUT2D eigenvalue weighted by molar-refractivity contribution is 6.30. The highest BCUT2D eigenvalue weighted by Gasteiger charge is 2.17. The van der Waals surface area contributed by atoms with Crippen molar-refractivity contribution >= 4 is 29.4 Å². The van der Waals surface area contributed by atoms with Gasteiger partial charge in [-0.2, -0.15) is 0 Å². The predicted octanol–water partition coefficient (Wildman–Crippen LogP) is 3.47. The van der Waals surface area contributed by atoms with E-state index in [1.165, 1.54) is 6.08 Å². The van der Waals surface area contributed by atoms with Crippen LogP contribution in [-0.4, -0.2) is 49.5 Å². The second-order valence-corrected chi connectivity index (χ2v) is 6.49. The van der Waals surface area contributed by atoms with Crippen LogP contribution in [0.15, 0.2) is 54.6 Å². The van der Waals surface area contributed by atoms with Gasteiger partial charge in [0.1, 0.15) is 5.75 Å². The number of nitrogens with zero attached hydrogens (tertiary/aromatic N) is 1. The maximum Gasteiger partial charge on any atom is 0.260 e. The van der Waals surface area contributed by atoms with Gasteiger partial charge in [0.25, 0.3) is 5.91 Å². The Bertz CT molecular complexity index is 809. The SMILES string of the molecule is O=C(/C=C/c1ccc(Cl)cc1)c1ccc(OCC(=O)N2CCOCC2)cc1. The van der Waals surface area contributed by atoms with E-state index in [-0.39, 0.29) is 18.3 Å². The van der Waals surface area contributed by atoms with E-state index in [4.69, 9.17) is 21.1 Å². The number of morpholine rings is 1. The number of carbonyl (C=O) groups is 2. The molecular weight excluding hydrogens is 366 g/mol. The van der Waals surface area contributed by atoms with Crippen LogP contribution in [0.3, 0.4) is 0 Å². The molecule has 0 atom stereocenters. The molecule has 27 heavy (non-hydrogen) atoms. The van der Waals surface area contributed by atoms with Gasteiger partial charge in [-0.1, -0.05) is 29.8 Å². The second kappa shape index (κ2) is 9.35. The second-order valence-electron chi connectivity index (χ2n) is 6.06. The lowest BCUT2D eigenvalue weighted by atomic mass is 10.1. The number of ether oxygens (including phenoxy) is 2. The average Bonchev–Trinajstić information content (AvgIpc) is 2.72. The molecule has 0 bridgehead atoms. The van der Waals surface area contributed by atoms with Gasteiger partial charge in [0.2, 0.25) is 0 Å². The molecule has 1 aliphatic heterocycles. The van der Waals surface area contributed by atoms with E-state index in [0.29, 0.717) is 42.6 Å². The molecular formula is C21H20ClNO4. The summed E-state index contributed by atoms with van der Waals surface area (Å²) in [6, 6.07) is 14.0. The summed E-state index contributed by atoms with van der Waals surface area (Å²) in [4.78, 5) is 26.0. The topological polar surface area (TPSA) is 55.8 Å². The van der Waals surface area contributed by atoms with Gasteiger partial charge in [0.05, 0.1) is 13.2 Å². The smallest absolute Gasteiger partial charge is 0.260 e. The van der Waals surface area contributed by atoms with E-state index < -0.39 is 0 Å². The van der Waals surface area contributed by atoms with Crippen molar-refractivity contribution in [2.24, 2.45) is 0 Å². The summed E-state index contributed by atoms with van der Waals surface area (Å²) in [6.07, 6.45) is 3.26. The van der Waals surface area contributed by atoms with Crippen LogP contribution in [0.4, 0.5) is 0 Å². The van der Waals surface area contributed by atoms with Gasteiger partial charge in [0, 0.05) is 23.7 Å². The summed E-state index contributed by atoms with van der Waals surface area (Å²) in [5.74, 6) is 0.375. The Hall–Kier alpha value is -2.63. The number of carbonyl (C=O) groups excluding carboxylic acids is 2. The zero-order valence-corrected chi connectivity index (χ0v) is 15.5. The summed E-state index contributed by atoms with van der Waals surface area (Å²) >= 11 is 5.84. The molecule has 3 rings (SSSR count). The van der Waals surface area contributed by atoms with Crippen LogP contribution in [0.25, 0.3) is 6.08 Å². The minimum absolute atomic E-state index is 0.0240. The zero-order chi connectivity index (χ0) is 19.1. The molecule has 1 aliphatic rings. The minimum atomic E-state index is -0.110. The van der Waals surface area contributed by atoms with Crippen molar-refractivity contribution in [2.45, 2.75) is 0 Å². The molecule has 0 radical (unpaired) electrons. The highest BCUT2D eigenvalue weighted by Crippen LogP contribution is 2.15. The van der Waals surface area contributed by atoms with Crippen molar-refractivity contribution in [3.05, 3.63) is 70.8 Å². The Morgan fingerprint density at radius 2 is 1.70 bits per heavy atom. The van der Waals surface area contributed by atoms with Gasteiger partial charge < -0.3 is 14.4 Å². The van der Waals surface area contributed by atoms with Crippen molar-refractivity contribution in [2.75, 3.05) is 32.9 Å². The molecule has 0 aliphatic carbocycles. The molecule has 1 saturated heterocycles. The number of allylic oxidation sites excluding steroid dienone is 1. The van der Waals surface area contributed by atoms with Gasteiger partial charge in [0.15, 0.2) is 12.4 Å². The van der Waals surface area contributed by atoms with Crippen LogP contribution in [-0.2, 0) is 9.53 Å².